The van der Waals surface area contributed by atoms with Crippen LogP contribution in [0.1, 0.15) is 17.7 Å². The molecule has 2 nitrogen and oxygen atoms in total. The Balaban J connectivity index is 1.86. The molecule has 0 saturated heterocycles. The van der Waals surface area contributed by atoms with Gasteiger partial charge in [-0.05, 0) is 43.0 Å². The van der Waals surface area contributed by atoms with E-state index in [4.69, 9.17) is 17.3 Å². The maximum absolute atomic E-state index is 6.14. The minimum absolute atomic E-state index is 0.118. The molecule has 0 fully saturated rings. The number of aromatic nitrogens is 1. The summed E-state index contributed by atoms with van der Waals surface area (Å²) in [6.45, 7) is 0. The molecular weight excluding hydrogens is 244 g/mol. The summed E-state index contributed by atoms with van der Waals surface area (Å²) in [5, 5.41) is 0.797. The van der Waals surface area contributed by atoms with Crippen LogP contribution in [-0.4, -0.2) is 11.0 Å². The van der Waals surface area contributed by atoms with Gasteiger partial charge in [-0.2, -0.15) is 0 Å². The van der Waals surface area contributed by atoms with Gasteiger partial charge < -0.3 is 5.73 Å². The van der Waals surface area contributed by atoms with Crippen LogP contribution in [0.25, 0.3) is 0 Å². The maximum atomic E-state index is 6.14. The zero-order valence-corrected chi connectivity index (χ0v) is 11.0. The van der Waals surface area contributed by atoms with Gasteiger partial charge in [0.1, 0.15) is 0 Å². The normalized spacial score (nSPS) is 12.3. The largest absolute Gasteiger partial charge is 0.327 e. The minimum atomic E-state index is 0.118. The van der Waals surface area contributed by atoms with Crippen molar-refractivity contribution in [1.82, 2.24) is 4.98 Å². The van der Waals surface area contributed by atoms with Crippen LogP contribution in [0.4, 0.5) is 0 Å². The third-order valence-corrected chi connectivity index (χ3v) is 3.31. The van der Waals surface area contributed by atoms with E-state index in [1.807, 2.05) is 48.7 Å². The molecule has 0 aliphatic heterocycles. The molecule has 18 heavy (non-hydrogen) atoms. The summed E-state index contributed by atoms with van der Waals surface area (Å²) in [6, 6.07) is 13.9. The summed E-state index contributed by atoms with van der Waals surface area (Å²) in [5.41, 5.74) is 8.34. The number of rotatable bonds is 5. The van der Waals surface area contributed by atoms with E-state index < -0.39 is 0 Å². The summed E-state index contributed by atoms with van der Waals surface area (Å²) in [5.74, 6) is 0. The molecule has 0 spiro atoms. The Morgan fingerprint density at radius 2 is 1.89 bits per heavy atom. The second-order valence-electron chi connectivity index (χ2n) is 4.42. The van der Waals surface area contributed by atoms with Gasteiger partial charge in [0.05, 0.1) is 0 Å². The molecule has 1 unspecified atom stereocenters. The van der Waals surface area contributed by atoms with Crippen molar-refractivity contribution >= 4 is 11.6 Å². The first-order valence-electron chi connectivity index (χ1n) is 6.14. The van der Waals surface area contributed by atoms with Gasteiger partial charge in [-0.15, -0.1) is 0 Å². The Labute approximate surface area is 113 Å². The lowest BCUT2D eigenvalue weighted by Gasteiger charge is -2.12. The Kier molecular flexibility index (Phi) is 4.73. The van der Waals surface area contributed by atoms with E-state index in [1.54, 1.807) is 0 Å². The molecular formula is C15H17ClN2. The Hall–Kier alpha value is -1.38. The van der Waals surface area contributed by atoms with E-state index in [1.165, 1.54) is 0 Å². The summed E-state index contributed by atoms with van der Waals surface area (Å²) in [4.78, 5) is 4.29. The van der Waals surface area contributed by atoms with Crippen molar-refractivity contribution in [2.24, 2.45) is 5.73 Å². The van der Waals surface area contributed by atoms with Gasteiger partial charge in [0, 0.05) is 23.0 Å². The fourth-order valence-electron chi connectivity index (χ4n) is 1.93. The van der Waals surface area contributed by atoms with Gasteiger partial charge in [-0.25, -0.2) is 0 Å². The molecule has 2 aromatic rings. The molecule has 1 heterocycles. The highest BCUT2D eigenvalue weighted by Crippen LogP contribution is 2.17. The summed E-state index contributed by atoms with van der Waals surface area (Å²) in [6.07, 6.45) is 4.45. The number of nitrogens with two attached hydrogens (primary N) is 1. The Morgan fingerprint density at radius 3 is 2.61 bits per heavy atom. The molecule has 1 atom stereocenters. The molecule has 0 aliphatic rings. The molecule has 0 radical (unpaired) electrons. The molecule has 0 saturated carbocycles. The van der Waals surface area contributed by atoms with Gasteiger partial charge in [0.2, 0.25) is 0 Å². The fourth-order valence-corrected chi connectivity index (χ4v) is 2.14. The average Bonchev–Trinajstić information content (AvgIpc) is 2.40. The van der Waals surface area contributed by atoms with Crippen molar-refractivity contribution in [1.29, 1.82) is 0 Å². The topological polar surface area (TPSA) is 38.9 Å². The summed E-state index contributed by atoms with van der Waals surface area (Å²) >= 11 is 6.12. The lowest BCUT2D eigenvalue weighted by Crippen LogP contribution is -2.23. The molecule has 0 aliphatic carbocycles. The van der Waals surface area contributed by atoms with Gasteiger partial charge in [0.25, 0.3) is 0 Å². The van der Waals surface area contributed by atoms with Crippen LogP contribution in [0.3, 0.4) is 0 Å². The first kappa shape index (κ1) is 13.1. The van der Waals surface area contributed by atoms with E-state index in [-0.39, 0.29) is 6.04 Å². The SMILES string of the molecule is NC(CCc1ccccn1)Cc1ccccc1Cl. The van der Waals surface area contributed by atoms with E-state index in [0.717, 1.165) is 35.5 Å². The molecule has 1 aromatic heterocycles. The van der Waals surface area contributed by atoms with Crippen LogP contribution >= 0.6 is 11.6 Å². The standard InChI is InChI=1S/C15H17ClN2/c16-15-7-2-1-5-12(15)11-13(17)8-9-14-6-3-4-10-18-14/h1-7,10,13H,8-9,11,17H2. The fraction of sp³-hybridized carbons (Fsp3) is 0.267. The van der Waals surface area contributed by atoms with Gasteiger partial charge in [0.15, 0.2) is 0 Å². The van der Waals surface area contributed by atoms with E-state index in [2.05, 4.69) is 4.98 Å². The molecule has 2 rings (SSSR count). The van der Waals surface area contributed by atoms with Crippen molar-refractivity contribution in [3.63, 3.8) is 0 Å². The zero-order chi connectivity index (χ0) is 12.8. The lowest BCUT2D eigenvalue weighted by molar-refractivity contribution is 0.605. The lowest BCUT2D eigenvalue weighted by atomic mass is 10.0. The van der Waals surface area contributed by atoms with Crippen LogP contribution in [0, 0.1) is 0 Å². The zero-order valence-electron chi connectivity index (χ0n) is 10.2. The first-order valence-corrected chi connectivity index (χ1v) is 6.52. The van der Waals surface area contributed by atoms with E-state index >= 15 is 0 Å². The number of nitrogens with zero attached hydrogens (tertiary/aromatic N) is 1. The Morgan fingerprint density at radius 1 is 1.11 bits per heavy atom. The van der Waals surface area contributed by atoms with Crippen LogP contribution < -0.4 is 5.73 Å². The third-order valence-electron chi connectivity index (χ3n) is 2.94. The van der Waals surface area contributed by atoms with Crippen molar-refractivity contribution in [3.8, 4) is 0 Å². The number of benzene rings is 1. The van der Waals surface area contributed by atoms with Gasteiger partial charge in [-0.3, -0.25) is 4.98 Å². The first-order chi connectivity index (χ1) is 8.75. The molecule has 0 amide bonds. The molecule has 2 N–H and O–H groups in total. The minimum Gasteiger partial charge on any atom is -0.327 e. The van der Waals surface area contributed by atoms with Crippen LogP contribution in [0.5, 0.6) is 0 Å². The maximum Gasteiger partial charge on any atom is 0.0438 e. The van der Waals surface area contributed by atoms with E-state index in [9.17, 15) is 0 Å². The second kappa shape index (κ2) is 6.53. The monoisotopic (exact) mass is 260 g/mol. The number of pyridine rings is 1. The van der Waals surface area contributed by atoms with Crippen molar-refractivity contribution in [2.75, 3.05) is 0 Å². The van der Waals surface area contributed by atoms with Crippen molar-refractivity contribution < 1.29 is 0 Å². The molecule has 94 valence electrons. The predicted octanol–water partition coefficient (Wildman–Crippen LogP) is 3.24. The van der Waals surface area contributed by atoms with E-state index in [0.29, 0.717) is 0 Å². The number of hydrogen-bond donors (Lipinski definition) is 1. The summed E-state index contributed by atoms with van der Waals surface area (Å²) in [7, 11) is 0. The van der Waals surface area contributed by atoms with Crippen molar-refractivity contribution in [3.05, 3.63) is 64.9 Å². The molecule has 1 aromatic carbocycles. The molecule has 0 bridgehead atoms. The molecule has 3 heteroatoms. The highest BCUT2D eigenvalue weighted by Gasteiger charge is 2.07. The predicted molar refractivity (Wildman–Crippen MR) is 75.7 cm³/mol. The summed E-state index contributed by atoms with van der Waals surface area (Å²) < 4.78 is 0. The van der Waals surface area contributed by atoms with Crippen LogP contribution in [-0.2, 0) is 12.8 Å². The van der Waals surface area contributed by atoms with Crippen LogP contribution in [0.15, 0.2) is 48.7 Å². The smallest absolute Gasteiger partial charge is 0.0438 e. The number of hydrogen-bond acceptors (Lipinski definition) is 2. The van der Waals surface area contributed by atoms with Gasteiger partial charge >= 0.3 is 0 Å². The Bertz CT molecular complexity index is 485. The highest BCUT2D eigenvalue weighted by molar-refractivity contribution is 6.31. The third kappa shape index (κ3) is 3.83. The van der Waals surface area contributed by atoms with Crippen LogP contribution in [0.2, 0.25) is 5.02 Å². The second-order valence-corrected chi connectivity index (χ2v) is 4.82. The quantitative estimate of drug-likeness (QED) is 0.896. The number of aryl methyl sites for hydroxylation is 1. The average molecular weight is 261 g/mol. The number of halogens is 1. The highest BCUT2D eigenvalue weighted by atomic mass is 35.5. The van der Waals surface area contributed by atoms with Gasteiger partial charge in [-0.1, -0.05) is 35.9 Å². The van der Waals surface area contributed by atoms with Crippen molar-refractivity contribution in [2.45, 2.75) is 25.3 Å².